The van der Waals surface area contributed by atoms with Crippen LogP contribution in [0.2, 0.25) is 0 Å². The Morgan fingerprint density at radius 2 is 2.05 bits per heavy atom. The molecule has 1 heterocycles. The van der Waals surface area contributed by atoms with Crippen molar-refractivity contribution in [3.05, 3.63) is 42.2 Å². The predicted octanol–water partition coefficient (Wildman–Crippen LogP) is 1.85. The molecule has 0 bridgehead atoms. The lowest BCUT2D eigenvalue weighted by Gasteiger charge is -2.22. The molecule has 0 unspecified atom stereocenters. The summed E-state index contributed by atoms with van der Waals surface area (Å²) in [6.07, 6.45) is 3.86. The van der Waals surface area contributed by atoms with Gasteiger partial charge in [0.25, 0.3) is 0 Å². The van der Waals surface area contributed by atoms with Crippen molar-refractivity contribution in [2.24, 2.45) is 7.05 Å². The number of nitrogens with zero attached hydrogens (tertiary/aromatic N) is 3. The zero-order valence-electron chi connectivity index (χ0n) is 12.1. The Balaban J connectivity index is 1.94. The highest BCUT2D eigenvalue weighted by molar-refractivity contribution is 5.55. The van der Waals surface area contributed by atoms with Gasteiger partial charge in [-0.15, -0.1) is 0 Å². The molecular formula is C15H22N4O. The Kier molecular flexibility index (Phi) is 5.01. The number of aryl methyl sites for hydroxylation is 1. The molecule has 0 atom stereocenters. The third-order valence-corrected chi connectivity index (χ3v) is 3.24. The van der Waals surface area contributed by atoms with Crippen LogP contribution < -0.4 is 10.2 Å². The first-order valence-corrected chi connectivity index (χ1v) is 6.90. The van der Waals surface area contributed by atoms with Crippen LogP contribution in [-0.2, 0) is 13.6 Å². The van der Waals surface area contributed by atoms with E-state index in [0.717, 1.165) is 30.0 Å². The van der Waals surface area contributed by atoms with Crippen molar-refractivity contribution < 1.29 is 5.11 Å². The molecule has 2 aromatic rings. The van der Waals surface area contributed by atoms with E-state index < -0.39 is 0 Å². The van der Waals surface area contributed by atoms with Gasteiger partial charge in [-0.2, -0.15) is 5.10 Å². The van der Waals surface area contributed by atoms with E-state index in [-0.39, 0.29) is 6.61 Å². The van der Waals surface area contributed by atoms with Crippen molar-refractivity contribution in [1.82, 2.24) is 9.78 Å². The van der Waals surface area contributed by atoms with Gasteiger partial charge in [-0.1, -0.05) is 0 Å². The molecule has 0 aliphatic rings. The van der Waals surface area contributed by atoms with Crippen LogP contribution in [0.5, 0.6) is 0 Å². The lowest BCUT2D eigenvalue weighted by Crippen LogP contribution is -2.25. The molecule has 0 aliphatic heterocycles. The monoisotopic (exact) mass is 274 g/mol. The molecule has 108 valence electrons. The summed E-state index contributed by atoms with van der Waals surface area (Å²) >= 11 is 0. The fourth-order valence-corrected chi connectivity index (χ4v) is 2.15. The number of aliphatic hydroxyl groups is 1. The topological polar surface area (TPSA) is 53.3 Å². The van der Waals surface area contributed by atoms with Crippen LogP contribution >= 0.6 is 0 Å². The number of nitrogens with one attached hydrogen (secondary N) is 1. The van der Waals surface area contributed by atoms with Gasteiger partial charge in [0, 0.05) is 49.8 Å². The highest BCUT2D eigenvalue weighted by atomic mass is 16.3. The maximum atomic E-state index is 9.03. The van der Waals surface area contributed by atoms with Crippen molar-refractivity contribution in [1.29, 1.82) is 0 Å². The van der Waals surface area contributed by atoms with Gasteiger partial charge in [0.2, 0.25) is 0 Å². The highest BCUT2D eigenvalue weighted by Gasteiger charge is 2.03. The molecular weight excluding hydrogens is 252 g/mol. The van der Waals surface area contributed by atoms with E-state index in [1.165, 1.54) is 0 Å². The van der Waals surface area contributed by atoms with Crippen LogP contribution in [0.3, 0.4) is 0 Å². The second-order valence-corrected chi connectivity index (χ2v) is 4.73. The zero-order valence-corrected chi connectivity index (χ0v) is 12.1. The number of hydrogen-bond donors (Lipinski definition) is 2. The lowest BCUT2D eigenvalue weighted by molar-refractivity contribution is 0.302. The van der Waals surface area contributed by atoms with Gasteiger partial charge in [0.15, 0.2) is 0 Å². The number of anilines is 2. The van der Waals surface area contributed by atoms with Crippen molar-refractivity contribution >= 4 is 11.4 Å². The molecule has 0 aliphatic carbocycles. The minimum absolute atomic E-state index is 0.175. The maximum Gasteiger partial charge on any atom is 0.0606 e. The predicted molar refractivity (Wildman–Crippen MR) is 81.9 cm³/mol. The molecule has 0 radical (unpaired) electrons. The van der Waals surface area contributed by atoms with Gasteiger partial charge in [0.05, 0.1) is 12.8 Å². The van der Waals surface area contributed by atoms with E-state index in [2.05, 4.69) is 46.5 Å². The average molecular weight is 274 g/mol. The number of aliphatic hydroxyl groups excluding tert-OH is 1. The van der Waals surface area contributed by atoms with Crippen LogP contribution in [0.25, 0.3) is 0 Å². The second kappa shape index (κ2) is 6.96. The number of benzene rings is 1. The third kappa shape index (κ3) is 3.74. The van der Waals surface area contributed by atoms with Crippen molar-refractivity contribution in [2.75, 3.05) is 29.9 Å². The highest BCUT2D eigenvalue weighted by Crippen LogP contribution is 2.18. The van der Waals surface area contributed by atoms with Crippen LogP contribution in [0, 0.1) is 0 Å². The number of likely N-dealkylation sites (N-methyl/N-ethyl adjacent to an activating group) is 1. The summed E-state index contributed by atoms with van der Waals surface area (Å²) in [5.41, 5.74) is 3.37. The Labute approximate surface area is 119 Å². The van der Waals surface area contributed by atoms with Gasteiger partial charge >= 0.3 is 0 Å². The summed E-state index contributed by atoms with van der Waals surface area (Å²) in [7, 11) is 1.92. The normalized spacial score (nSPS) is 10.6. The molecule has 2 rings (SSSR count). The fraction of sp³-hybridized carbons (Fsp3) is 0.400. The molecule has 1 aromatic carbocycles. The maximum absolute atomic E-state index is 9.03. The van der Waals surface area contributed by atoms with Gasteiger partial charge in [-0.25, -0.2) is 0 Å². The van der Waals surface area contributed by atoms with Gasteiger partial charge in [-0.3, -0.25) is 4.68 Å². The Hall–Kier alpha value is -2.01. The summed E-state index contributed by atoms with van der Waals surface area (Å²) in [6, 6.07) is 8.27. The van der Waals surface area contributed by atoms with Crippen LogP contribution in [0.4, 0.5) is 11.4 Å². The molecule has 20 heavy (non-hydrogen) atoms. The van der Waals surface area contributed by atoms with Gasteiger partial charge < -0.3 is 15.3 Å². The molecule has 5 nitrogen and oxygen atoms in total. The van der Waals surface area contributed by atoms with E-state index in [0.29, 0.717) is 6.54 Å². The third-order valence-electron chi connectivity index (χ3n) is 3.24. The van der Waals surface area contributed by atoms with Crippen molar-refractivity contribution in [3.63, 3.8) is 0 Å². The first-order valence-electron chi connectivity index (χ1n) is 6.90. The molecule has 1 aromatic heterocycles. The summed E-state index contributed by atoms with van der Waals surface area (Å²) in [6.45, 7) is 4.59. The molecule has 0 fully saturated rings. The first kappa shape index (κ1) is 14.4. The number of rotatable bonds is 7. The number of hydrogen-bond acceptors (Lipinski definition) is 4. The quantitative estimate of drug-likeness (QED) is 0.809. The number of aromatic nitrogens is 2. The molecule has 0 saturated carbocycles. The molecule has 0 saturated heterocycles. The van der Waals surface area contributed by atoms with Gasteiger partial charge in [-0.05, 0) is 31.2 Å². The summed E-state index contributed by atoms with van der Waals surface area (Å²) < 4.78 is 1.80. The largest absolute Gasteiger partial charge is 0.395 e. The second-order valence-electron chi connectivity index (χ2n) is 4.73. The van der Waals surface area contributed by atoms with E-state index in [9.17, 15) is 0 Å². The summed E-state index contributed by atoms with van der Waals surface area (Å²) in [5, 5.41) is 16.5. The van der Waals surface area contributed by atoms with Crippen LogP contribution in [0.1, 0.15) is 12.5 Å². The van der Waals surface area contributed by atoms with E-state index in [1.54, 1.807) is 4.68 Å². The van der Waals surface area contributed by atoms with Crippen molar-refractivity contribution in [3.8, 4) is 0 Å². The zero-order chi connectivity index (χ0) is 14.4. The summed E-state index contributed by atoms with van der Waals surface area (Å²) in [5.74, 6) is 0. The molecule has 2 N–H and O–H groups in total. The van der Waals surface area contributed by atoms with E-state index in [1.807, 2.05) is 19.4 Å². The molecule has 0 spiro atoms. The Morgan fingerprint density at radius 1 is 1.30 bits per heavy atom. The van der Waals surface area contributed by atoms with E-state index >= 15 is 0 Å². The molecule has 0 amide bonds. The fourth-order valence-electron chi connectivity index (χ4n) is 2.15. The average Bonchev–Trinajstić information content (AvgIpc) is 2.89. The summed E-state index contributed by atoms with van der Waals surface area (Å²) in [4.78, 5) is 2.14. The Morgan fingerprint density at radius 3 is 2.60 bits per heavy atom. The standard InChI is InChI=1S/C15H22N4O/c1-3-19(8-9-20)15-6-4-14(5-7-15)16-10-13-11-17-18(2)12-13/h4-7,11-12,16,20H,3,8-10H2,1-2H3. The minimum Gasteiger partial charge on any atom is -0.395 e. The molecule has 5 heteroatoms. The van der Waals surface area contributed by atoms with E-state index in [4.69, 9.17) is 5.11 Å². The van der Waals surface area contributed by atoms with Crippen molar-refractivity contribution in [2.45, 2.75) is 13.5 Å². The van der Waals surface area contributed by atoms with Gasteiger partial charge in [0.1, 0.15) is 0 Å². The lowest BCUT2D eigenvalue weighted by atomic mass is 10.2. The SMILES string of the molecule is CCN(CCO)c1ccc(NCc2cnn(C)c2)cc1. The van der Waals surface area contributed by atoms with Crippen LogP contribution in [0.15, 0.2) is 36.7 Å². The Bertz CT molecular complexity index is 521. The first-order chi connectivity index (χ1) is 9.72. The smallest absolute Gasteiger partial charge is 0.0606 e. The van der Waals surface area contributed by atoms with Crippen LogP contribution in [-0.4, -0.2) is 34.6 Å². The minimum atomic E-state index is 0.175.